The van der Waals surface area contributed by atoms with Crippen LogP contribution in [0, 0.1) is 0 Å². The van der Waals surface area contributed by atoms with Crippen molar-refractivity contribution in [1.29, 1.82) is 0 Å². The van der Waals surface area contributed by atoms with Crippen LogP contribution in [-0.4, -0.2) is 29.4 Å². The van der Waals surface area contributed by atoms with E-state index in [-0.39, 0.29) is 0 Å². The summed E-state index contributed by atoms with van der Waals surface area (Å²) in [6, 6.07) is 7.55. The molecule has 0 saturated carbocycles. The normalized spacial score (nSPS) is 11.5. The topological polar surface area (TPSA) is 36.9 Å². The van der Waals surface area contributed by atoms with Crippen LogP contribution in [0.15, 0.2) is 18.2 Å². The molecule has 0 aliphatic heterocycles. The van der Waals surface area contributed by atoms with E-state index in [1.165, 1.54) is 77.0 Å². The average Bonchev–Trinajstić information content (AvgIpc) is 2.83. The van der Waals surface area contributed by atoms with Crippen molar-refractivity contribution in [3.05, 3.63) is 18.2 Å². The predicted molar refractivity (Wildman–Crippen MR) is 139 cm³/mol. The van der Waals surface area contributed by atoms with Gasteiger partial charge in [0, 0.05) is 6.61 Å². The van der Waals surface area contributed by atoms with Gasteiger partial charge in [-0.2, -0.15) is 0 Å². The molecule has 0 aromatic heterocycles. The van der Waals surface area contributed by atoms with Crippen molar-refractivity contribution in [2.45, 2.75) is 116 Å². The molecule has 0 radical (unpaired) electrons. The molecule has 4 nitrogen and oxygen atoms in total. The van der Waals surface area contributed by atoms with E-state index < -0.39 is 8.56 Å². The molecule has 0 N–H and O–H groups in total. The largest absolute Gasteiger partial charge is 0.515 e. The second-order valence-electron chi connectivity index (χ2n) is 8.80. The molecule has 0 aliphatic rings. The van der Waals surface area contributed by atoms with Crippen LogP contribution >= 0.6 is 0 Å². The van der Waals surface area contributed by atoms with Crippen molar-refractivity contribution in [2.24, 2.45) is 0 Å². The van der Waals surface area contributed by atoms with E-state index in [1.807, 2.05) is 18.2 Å². The molecule has 0 atom stereocenters. The third-order valence-electron chi connectivity index (χ3n) is 6.36. The fourth-order valence-electron chi connectivity index (χ4n) is 4.11. The Balaban J connectivity index is 2.26. The van der Waals surface area contributed by atoms with Gasteiger partial charge >= 0.3 is 8.56 Å². The third kappa shape index (κ3) is 11.1. The van der Waals surface area contributed by atoms with Crippen LogP contribution in [0.2, 0.25) is 12.1 Å². The summed E-state index contributed by atoms with van der Waals surface area (Å²) in [5.41, 5.74) is 0. The van der Waals surface area contributed by atoms with Crippen molar-refractivity contribution < 1.29 is 18.3 Å². The number of unbranched alkanes of at least 4 members (excludes halogenated alkanes) is 12. The van der Waals surface area contributed by atoms with Crippen molar-refractivity contribution in [1.82, 2.24) is 0 Å². The second kappa shape index (κ2) is 18.2. The standard InChI is InChI=1S/C27H50O4Si/c1-6-9-10-11-12-13-14-15-16-17-18-19-20-24-30-32(7-2,8-3)31-27-25(28-4)22-21-23-26(27)29-5/h21-23H,6-20,24H2,1-5H3. The summed E-state index contributed by atoms with van der Waals surface area (Å²) < 4.78 is 24.0. The Morgan fingerprint density at radius 1 is 0.625 bits per heavy atom. The first-order chi connectivity index (χ1) is 15.7. The number of para-hydroxylation sites is 1. The molecule has 0 bridgehead atoms. The van der Waals surface area contributed by atoms with Crippen molar-refractivity contribution in [3.8, 4) is 17.2 Å². The Kier molecular flexibility index (Phi) is 16.4. The zero-order chi connectivity index (χ0) is 23.5. The minimum atomic E-state index is -2.34. The lowest BCUT2D eigenvalue weighted by molar-refractivity contribution is 0.224. The Labute approximate surface area is 199 Å². The molecular weight excluding hydrogens is 416 g/mol. The Hall–Kier alpha value is -1.20. The molecule has 0 saturated heterocycles. The Morgan fingerprint density at radius 2 is 1.06 bits per heavy atom. The first-order valence-corrected chi connectivity index (χ1v) is 15.4. The number of benzene rings is 1. The highest BCUT2D eigenvalue weighted by Gasteiger charge is 2.37. The average molecular weight is 467 g/mol. The molecule has 0 unspecified atom stereocenters. The fraction of sp³-hybridized carbons (Fsp3) is 0.778. The zero-order valence-electron chi connectivity index (χ0n) is 21.7. The molecule has 1 rings (SSSR count). The first-order valence-electron chi connectivity index (χ1n) is 13.2. The predicted octanol–water partition coefficient (Wildman–Crippen LogP) is 8.67. The lowest BCUT2D eigenvalue weighted by atomic mass is 10.0. The summed E-state index contributed by atoms with van der Waals surface area (Å²) in [4.78, 5) is 0. The number of methoxy groups -OCH3 is 2. The molecule has 1 aromatic rings. The minimum Gasteiger partial charge on any atom is -0.515 e. The number of ether oxygens (including phenoxy) is 2. The van der Waals surface area contributed by atoms with Crippen LogP contribution < -0.4 is 13.9 Å². The van der Waals surface area contributed by atoms with Crippen molar-refractivity contribution >= 4 is 8.56 Å². The summed E-state index contributed by atoms with van der Waals surface area (Å²) in [6.45, 7) is 7.40. The van der Waals surface area contributed by atoms with Crippen LogP contribution in [0.4, 0.5) is 0 Å². The SMILES string of the molecule is CCCCCCCCCCCCCCCO[Si](CC)(CC)Oc1c(OC)cccc1OC. The lowest BCUT2D eigenvalue weighted by Crippen LogP contribution is -2.44. The van der Waals surface area contributed by atoms with E-state index in [1.54, 1.807) is 14.2 Å². The van der Waals surface area contributed by atoms with Crippen LogP contribution in [0.1, 0.15) is 104 Å². The van der Waals surface area contributed by atoms with E-state index in [9.17, 15) is 0 Å². The highest BCUT2D eigenvalue weighted by Crippen LogP contribution is 2.39. The van der Waals surface area contributed by atoms with Gasteiger partial charge in [-0.3, -0.25) is 0 Å². The smallest absolute Gasteiger partial charge is 0.398 e. The van der Waals surface area contributed by atoms with Gasteiger partial charge in [0.2, 0.25) is 0 Å². The summed E-state index contributed by atoms with van der Waals surface area (Å²) >= 11 is 0. The molecule has 5 heteroatoms. The number of rotatable bonds is 21. The fourth-order valence-corrected chi connectivity index (χ4v) is 6.46. The van der Waals surface area contributed by atoms with E-state index in [4.69, 9.17) is 18.3 Å². The molecule has 0 heterocycles. The van der Waals surface area contributed by atoms with Crippen LogP contribution in [-0.2, 0) is 4.43 Å². The number of hydrogen-bond acceptors (Lipinski definition) is 4. The summed E-state index contributed by atoms with van der Waals surface area (Å²) in [6.07, 6.45) is 17.7. The van der Waals surface area contributed by atoms with Gasteiger partial charge in [0.15, 0.2) is 17.2 Å². The van der Waals surface area contributed by atoms with E-state index in [0.29, 0.717) is 17.2 Å². The van der Waals surface area contributed by atoms with Gasteiger partial charge in [0.05, 0.1) is 14.2 Å². The molecule has 186 valence electrons. The molecule has 0 fully saturated rings. The van der Waals surface area contributed by atoms with Gasteiger partial charge in [0.1, 0.15) is 0 Å². The highest BCUT2D eigenvalue weighted by atomic mass is 28.4. The maximum absolute atomic E-state index is 6.52. The Bertz CT molecular complexity index is 553. The van der Waals surface area contributed by atoms with Gasteiger partial charge in [-0.05, 0) is 30.6 Å². The minimum absolute atomic E-state index is 0.679. The van der Waals surface area contributed by atoms with Gasteiger partial charge in [-0.1, -0.05) is 104 Å². The molecule has 1 aromatic carbocycles. The third-order valence-corrected chi connectivity index (χ3v) is 9.82. The van der Waals surface area contributed by atoms with Gasteiger partial charge in [0.25, 0.3) is 0 Å². The quantitative estimate of drug-likeness (QED) is 0.134. The van der Waals surface area contributed by atoms with Gasteiger partial charge in [-0.25, -0.2) is 0 Å². The molecule has 0 aliphatic carbocycles. The molecule has 0 spiro atoms. The molecular formula is C27H50O4Si. The highest BCUT2D eigenvalue weighted by molar-refractivity contribution is 6.68. The molecule has 32 heavy (non-hydrogen) atoms. The summed E-state index contributed by atoms with van der Waals surface area (Å²) in [5, 5.41) is 0. The van der Waals surface area contributed by atoms with Crippen LogP contribution in [0.25, 0.3) is 0 Å². The van der Waals surface area contributed by atoms with Gasteiger partial charge in [-0.15, -0.1) is 0 Å². The zero-order valence-corrected chi connectivity index (χ0v) is 22.7. The van der Waals surface area contributed by atoms with Crippen LogP contribution in [0.5, 0.6) is 17.2 Å². The first kappa shape index (κ1) is 28.8. The molecule has 0 amide bonds. The summed E-state index contributed by atoms with van der Waals surface area (Å²) in [7, 11) is 0.986. The summed E-state index contributed by atoms with van der Waals surface area (Å²) in [5.74, 6) is 2.08. The monoisotopic (exact) mass is 466 g/mol. The van der Waals surface area contributed by atoms with Crippen molar-refractivity contribution in [3.63, 3.8) is 0 Å². The van der Waals surface area contributed by atoms with Crippen LogP contribution in [0.3, 0.4) is 0 Å². The maximum atomic E-state index is 6.52. The lowest BCUT2D eigenvalue weighted by Gasteiger charge is -2.30. The van der Waals surface area contributed by atoms with Crippen molar-refractivity contribution in [2.75, 3.05) is 20.8 Å². The van der Waals surface area contributed by atoms with E-state index in [0.717, 1.165) is 25.1 Å². The Morgan fingerprint density at radius 3 is 1.47 bits per heavy atom. The van der Waals surface area contributed by atoms with E-state index >= 15 is 0 Å². The van der Waals surface area contributed by atoms with E-state index in [2.05, 4.69) is 20.8 Å². The second-order valence-corrected chi connectivity index (χ2v) is 12.5. The number of hydrogen-bond donors (Lipinski definition) is 0. The maximum Gasteiger partial charge on any atom is 0.398 e. The van der Waals surface area contributed by atoms with Gasteiger partial charge < -0.3 is 18.3 Å².